The number of carbonyl (C=O) groups excluding carboxylic acids is 1. The van der Waals surface area contributed by atoms with Crippen molar-refractivity contribution in [3.05, 3.63) is 54.1 Å². The molecular weight excluding hydrogens is 402 g/mol. The van der Waals surface area contributed by atoms with E-state index in [1.807, 2.05) is 23.1 Å². The van der Waals surface area contributed by atoms with Crippen LogP contribution in [0, 0.1) is 12.8 Å². The standard InChI is InChI=1S/C21H23N5O3S/c1-14-6-2-5-9-18(14)30(28,29)25-20-21(24-17-8-4-3-7-16(17)23-20)26-12-10-15(11-13-26)19(22)27/h2-9,15H,10-13H2,1H3,(H2,22,27)(H,23,25). The molecule has 1 fully saturated rings. The monoisotopic (exact) mass is 425 g/mol. The molecule has 1 aliphatic heterocycles. The molecule has 9 heteroatoms. The summed E-state index contributed by atoms with van der Waals surface area (Å²) in [5, 5.41) is 0. The van der Waals surface area contributed by atoms with Gasteiger partial charge in [0.25, 0.3) is 10.0 Å². The average Bonchev–Trinajstić information content (AvgIpc) is 2.73. The van der Waals surface area contributed by atoms with Gasteiger partial charge in [-0.3, -0.25) is 9.52 Å². The van der Waals surface area contributed by atoms with Gasteiger partial charge in [-0.25, -0.2) is 18.4 Å². The highest BCUT2D eigenvalue weighted by molar-refractivity contribution is 7.92. The van der Waals surface area contributed by atoms with E-state index in [0.717, 1.165) is 0 Å². The summed E-state index contributed by atoms with van der Waals surface area (Å²) in [4.78, 5) is 22.9. The maximum Gasteiger partial charge on any atom is 0.263 e. The second-order valence-electron chi connectivity index (χ2n) is 7.42. The van der Waals surface area contributed by atoms with Crippen LogP contribution in [0.1, 0.15) is 18.4 Å². The summed E-state index contributed by atoms with van der Waals surface area (Å²) < 4.78 is 28.8. The molecule has 0 unspecified atom stereocenters. The molecule has 2 heterocycles. The molecule has 0 aliphatic carbocycles. The molecular formula is C21H23N5O3S. The number of sulfonamides is 1. The van der Waals surface area contributed by atoms with Crippen LogP contribution >= 0.6 is 0 Å². The molecule has 30 heavy (non-hydrogen) atoms. The van der Waals surface area contributed by atoms with Gasteiger partial charge in [0.05, 0.1) is 15.9 Å². The molecule has 0 bridgehead atoms. The first-order valence-electron chi connectivity index (χ1n) is 9.74. The van der Waals surface area contributed by atoms with E-state index in [-0.39, 0.29) is 22.5 Å². The summed E-state index contributed by atoms with van der Waals surface area (Å²) >= 11 is 0. The average molecular weight is 426 g/mol. The number of primary amides is 1. The Kier molecular flexibility index (Phi) is 5.29. The number of nitrogens with one attached hydrogen (secondary N) is 1. The van der Waals surface area contributed by atoms with Gasteiger partial charge < -0.3 is 10.6 Å². The molecule has 0 saturated carbocycles. The summed E-state index contributed by atoms with van der Waals surface area (Å²) in [6.45, 7) is 2.83. The molecule has 1 aromatic heterocycles. The van der Waals surface area contributed by atoms with Crippen molar-refractivity contribution in [1.82, 2.24) is 9.97 Å². The van der Waals surface area contributed by atoms with Gasteiger partial charge in [-0.15, -0.1) is 0 Å². The van der Waals surface area contributed by atoms with Crippen LogP contribution in [0.3, 0.4) is 0 Å². The van der Waals surface area contributed by atoms with Crippen molar-refractivity contribution < 1.29 is 13.2 Å². The Labute approximate surface area is 175 Å². The lowest BCUT2D eigenvalue weighted by Crippen LogP contribution is -2.39. The zero-order valence-corrected chi connectivity index (χ0v) is 17.4. The van der Waals surface area contributed by atoms with Crippen LogP contribution in [-0.4, -0.2) is 37.4 Å². The Morgan fingerprint density at radius 1 is 1.03 bits per heavy atom. The van der Waals surface area contributed by atoms with Crippen molar-refractivity contribution in [3.63, 3.8) is 0 Å². The molecule has 0 spiro atoms. The van der Waals surface area contributed by atoms with Crippen LogP contribution in [-0.2, 0) is 14.8 Å². The van der Waals surface area contributed by atoms with E-state index in [9.17, 15) is 13.2 Å². The smallest absolute Gasteiger partial charge is 0.263 e. The van der Waals surface area contributed by atoms with E-state index in [0.29, 0.717) is 48.3 Å². The Hall–Kier alpha value is -3.20. The molecule has 4 rings (SSSR count). The number of para-hydroxylation sites is 2. The Bertz CT molecular complexity index is 1200. The first-order valence-corrected chi connectivity index (χ1v) is 11.2. The number of nitrogens with two attached hydrogens (primary N) is 1. The van der Waals surface area contributed by atoms with Crippen molar-refractivity contribution in [1.29, 1.82) is 0 Å². The van der Waals surface area contributed by atoms with Crippen LogP contribution in [0.2, 0.25) is 0 Å². The summed E-state index contributed by atoms with van der Waals surface area (Å²) in [6.07, 6.45) is 1.18. The van der Waals surface area contributed by atoms with Crippen LogP contribution in [0.4, 0.5) is 11.6 Å². The normalized spacial score (nSPS) is 15.3. The number of nitrogens with zero attached hydrogens (tertiary/aromatic N) is 3. The second kappa shape index (κ2) is 7.91. The topological polar surface area (TPSA) is 118 Å². The van der Waals surface area contributed by atoms with Crippen molar-refractivity contribution >= 4 is 38.6 Å². The molecule has 1 saturated heterocycles. The molecule has 1 amide bonds. The predicted molar refractivity (Wildman–Crippen MR) is 116 cm³/mol. The third kappa shape index (κ3) is 3.93. The third-order valence-corrected chi connectivity index (χ3v) is 6.86. The second-order valence-corrected chi connectivity index (χ2v) is 9.07. The minimum absolute atomic E-state index is 0.175. The van der Waals surface area contributed by atoms with Crippen molar-refractivity contribution in [2.75, 3.05) is 22.7 Å². The van der Waals surface area contributed by atoms with Gasteiger partial charge >= 0.3 is 0 Å². The number of carbonyl (C=O) groups is 1. The fraction of sp³-hybridized carbons (Fsp3) is 0.286. The van der Waals surface area contributed by atoms with E-state index in [4.69, 9.17) is 5.73 Å². The first-order chi connectivity index (χ1) is 14.3. The van der Waals surface area contributed by atoms with E-state index >= 15 is 0 Å². The summed E-state index contributed by atoms with van der Waals surface area (Å²) in [5.74, 6) is 0.143. The highest BCUT2D eigenvalue weighted by Gasteiger charge is 2.28. The maximum absolute atomic E-state index is 13.1. The zero-order valence-electron chi connectivity index (χ0n) is 16.6. The van der Waals surface area contributed by atoms with E-state index < -0.39 is 10.0 Å². The quantitative estimate of drug-likeness (QED) is 0.648. The predicted octanol–water partition coefficient (Wildman–Crippen LogP) is 2.44. The van der Waals surface area contributed by atoms with Crippen LogP contribution in [0.5, 0.6) is 0 Å². The molecule has 2 aromatic carbocycles. The van der Waals surface area contributed by atoms with Crippen LogP contribution in [0.15, 0.2) is 53.4 Å². The summed E-state index contributed by atoms with van der Waals surface area (Å²) in [5.41, 5.74) is 7.34. The molecule has 0 atom stereocenters. The maximum atomic E-state index is 13.1. The van der Waals surface area contributed by atoms with Gasteiger partial charge in [-0.2, -0.15) is 0 Å². The van der Waals surface area contributed by atoms with Gasteiger partial charge in [0.15, 0.2) is 11.6 Å². The van der Waals surface area contributed by atoms with Gasteiger partial charge in [0.2, 0.25) is 5.91 Å². The zero-order chi connectivity index (χ0) is 21.3. The van der Waals surface area contributed by atoms with Crippen LogP contribution in [0.25, 0.3) is 11.0 Å². The fourth-order valence-corrected chi connectivity index (χ4v) is 4.95. The minimum Gasteiger partial charge on any atom is -0.369 e. The highest BCUT2D eigenvalue weighted by atomic mass is 32.2. The van der Waals surface area contributed by atoms with E-state index in [1.165, 1.54) is 0 Å². The number of rotatable bonds is 5. The number of hydrogen-bond donors (Lipinski definition) is 2. The fourth-order valence-electron chi connectivity index (χ4n) is 3.70. The first kappa shape index (κ1) is 20.1. The molecule has 1 aliphatic rings. The Morgan fingerprint density at radius 2 is 1.63 bits per heavy atom. The number of anilines is 2. The van der Waals surface area contributed by atoms with Crippen molar-refractivity contribution in [2.45, 2.75) is 24.7 Å². The van der Waals surface area contributed by atoms with Gasteiger partial charge in [-0.1, -0.05) is 30.3 Å². The molecule has 3 aromatic rings. The molecule has 0 radical (unpaired) electrons. The van der Waals surface area contributed by atoms with Gasteiger partial charge in [0, 0.05) is 19.0 Å². The minimum atomic E-state index is -3.85. The van der Waals surface area contributed by atoms with Gasteiger partial charge in [0.1, 0.15) is 0 Å². The Morgan fingerprint density at radius 3 is 2.27 bits per heavy atom. The summed E-state index contributed by atoms with van der Waals surface area (Å²) in [7, 11) is -3.85. The van der Waals surface area contributed by atoms with Crippen molar-refractivity contribution in [2.24, 2.45) is 11.7 Å². The lowest BCUT2D eigenvalue weighted by Gasteiger charge is -2.32. The SMILES string of the molecule is Cc1ccccc1S(=O)(=O)Nc1nc2ccccc2nc1N1CCC(C(N)=O)CC1. The lowest BCUT2D eigenvalue weighted by molar-refractivity contribution is -0.122. The lowest BCUT2D eigenvalue weighted by atomic mass is 9.96. The summed E-state index contributed by atoms with van der Waals surface area (Å²) in [6, 6.07) is 14.1. The van der Waals surface area contributed by atoms with Crippen LogP contribution < -0.4 is 15.4 Å². The number of fused-ring (bicyclic) bond motifs is 1. The third-order valence-electron chi connectivity index (χ3n) is 5.36. The number of benzene rings is 2. The number of aromatic nitrogens is 2. The number of piperidine rings is 1. The van der Waals surface area contributed by atoms with E-state index in [2.05, 4.69) is 14.7 Å². The highest BCUT2D eigenvalue weighted by Crippen LogP contribution is 2.30. The molecule has 3 N–H and O–H groups in total. The number of hydrogen-bond acceptors (Lipinski definition) is 6. The number of aryl methyl sites for hydroxylation is 1. The molecule has 8 nitrogen and oxygen atoms in total. The largest absolute Gasteiger partial charge is 0.369 e. The van der Waals surface area contributed by atoms with E-state index in [1.54, 1.807) is 37.3 Å². The number of amides is 1. The van der Waals surface area contributed by atoms with Crippen molar-refractivity contribution in [3.8, 4) is 0 Å². The molecule has 156 valence electrons. The Balaban J connectivity index is 1.74. The van der Waals surface area contributed by atoms with Gasteiger partial charge in [-0.05, 0) is 43.5 Å².